The molecule has 93 heavy (non-hydrogen) atoms. The predicted octanol–water partition coefficient (Wildman–Crippen LogP) is 21.2. The summed E-state index contributed by atoms with van der Waals surface area (Å²) >= 11 is 4.59. The fraction of sp³-hybridized carbons (Fsp3) is 0.453. The van der Waals surface area contributed by atoms with Gasteiger partial charge in [-0.2, -0.15) is 14.5 Å². The van der Waals surface area contributed by atoms with Gasteiger partial charge >= 0.3 is 0 Å². The number of benzene rings is 5. The van der Waals surface area contributed by atoms with Crippen molar-refractivity contribution in [2.45, 2.75) is 223 Å². The van der Waals surface area contributed by atoms with Crippen molar-refractivity contribution in [2.24, 2.45) is 0 Å². The van der Waals surface area contributed by atoms with Crippen molar-refractivity contribution < 1.29 is 20.4 Å². The van der Waals surface area contributed by atoms with Crippen molar-refractivity contribution in [1.29, 1.82) is 0 Å². The van der Waals surface area contributed by atoms with Crippen molar-refractivity contribution >= 4 is 78.9 Å². The average molecular weight is 1320 g/mol. The second-order valence-electron chi connectivity index (χ2n) is 32.0. The minimum Gasteiger partial charge on any atom is -0.507 e. The lowest BCUT2D eigenvalue weighted by Crippen LogP contribution is -2.17. The van der Waals surface area contributed by atoms with Crippen LogP contribution in [0.2, 0.25) is 0 Å². The molecular weight excluding hydrogens is 1220 g/mol. The van der Waals surface area contributed by atoms with Crippen LogP contribution >= 0.6 is 34.2 Å². The van der Waals surface area contributed by atoms with Crippen molar-refractivity contribution in [3.63, 3.8) is 0 Å². The number of phenols is 4. The molecule has 9 aromatic rings. The van der Waals surface area contributed by atoms with Crippen LogP contribution in [0.4, 0.5) is 44.6 Å². The van der Waals surface area contributed by atoms with Gasteiger partial charge in [0.2, 0.25) is 16.2 Å². The molecule has 0 unspecified atom stereocenters. The molecule has 0 saturated carbocycles. The minimum atomic E-state index is -0.169. The molecule has 0 saturated heterocycles. The smallest absolute Gasteiger partial charge is 0.247 e. The number of aromatic hydroxyl groups is 4. The van der Waals surface area contributed by atoms with Crippen LogP contribution in [-0.4, -0.2) is 55.2 Å². The fourth-order valence-corrected chi connectivity index (χ4v) is 12.0. The lowest BCUT2D eigenvalue weighted by molar-refractivity contribution is 0.422. The molecule has 0 amide bonds. The van der Waals surface area contributed by atoms with Gasteiger partial charge in [0.15, 0.2) is 5.82 Å². The number of aryl methyl sites for hydroxylation is 2. The summed E-state index contributed by atoms with van der Waals surface area (Å²) in [5.74, 6) is 2.70. The van der Waals surface area contributed by atoms with Crippen LogP contribution in [-0.2, 0) is 43.3 Å². The van der Waals surface area contributed by atoms with E-state index in [4.69, 9.17) is 0 Å². The Balaban J connectivity index is 0.000000198. The summed E-state index contributed by atoms with van der Waals surface area (Å²) in [6, 6.07) is 28.1. The fourth-order valence-electron chi connectivity index (χ4n) is 10.1. The number of hydrogen-bond acceptors (Lipinski definition) is 18. The quantitative estimate of drug-likeness (QED) is 0.0630. The molecule has 0 aliphatic rings. The predicted molar refractivity (Wildman–Crippen MR) is 394 cm³/mol. The zero-order valence-electron chi connectivity index (χ0n) is 60.0. The Kier molecular flexibility index (Phi) is 22.8. The van der Waals surface area contributed by atoms with E-state index in [1.54, 1.807) is 17.5 Å². The van der Waals surface area contributed by atoms with E-state index in [0.717, 1.165) is 93.8 Å². The summed E-state index contributed by atoms with van der Waals surface area (Å²) in [4.78, 5) is 10.0. The molecule has 0 atom stereocenters. The maximum atomic E-state index is 10.9. The number of nitrogens with zero attached hydrogens (tertiary/aromatic N) is 7. The highest BCUT2D eigenvalue weighted by atomic mass is 32.1. The first-order chi connectivity index (χ1) is 42.6. The van der Waals surface area contributed by atoms with Gasteiger partial charge in [0.05, 0.1) is 18.1 Å². The van der Waals surface area contributed by atoms with Crippen molar-refractivity contribution in [1.82, 2.24) is 34.7 Å². The molecule has 0 radical (unpaired) electrons. The summed E-state index contributed by atoms with van der Waals surface area (Å²) in [5, 5.41) is 76.7. The molecule has 9 rings (SSSR count). The van der Waals surface area contributed by atoms with Crippen LogP contribution in [0.5, 0.6) is 23.0 Å². The first-order valence-corrected chi connectivity index (χ1v) is 34.1. The van der Waals surface area contributed by atoms with Crippen molar-refractivity contribution in [2.75, 3.05) is 21.3 Å². The maximum absolute atomic E-state index is 10.9. The third-order valence-electron chi connectivity index (χ3n) is 15.3. The molecule has 5 aromatic carbocycles. The molecule has 4 heterocycles. The first kappa shape index (κ1) is 74.4. The second-order valence-corrected chi connectivity index (χ2v) is 35.0. The molecule has 8 N–H and O–H groups in total. The van der Waals surface area contributed by atoms with Gasteiger partial charge < -0.3 is 41.7 Å². The van der Waals surface area contributed by atoms with E-state index in [1.807, 2.05) is 73.7 Å². The summed E-state index contributed by atoms with van der Waals surface area (Å²) in [7, 11) is 0. The minimum absolute atomic E-state index is 0.106. The van der Waals surface area contributed by atoms with E-state index in [-0.39, 0.29) is 43.3 Å². The van der Waals surface area contributed by atoms with E-state index < -0.39 is 0 Å². The molecule has 15 nitrogen and oxygen atoms in total. The number of hydrogen-bond donors (Lipinski definition) is 8. The molecule has 0 fully saturated rings. The standard InChI is InChI=1S/C22H27N3OS.C19H27NOS.C17H24N4O.C17H25N3OS/c1-21(2,3)16-12-15(13-17(18(16)26)22(4,5)6)23-20-24-19(25-27-20)14-10-8-7-9-11-14;1-12-16(8-9-22-12)20-13-10-14(18(2,3)4)17(21)15(11-13)19(5,6)7;1-16(2,3)12-9-11(20-15-18-7-8-19-21-15)10-13(14(12)22)17(4,5)6;1-10-19-20-15(22-10)18-11-8-12(16(2,3)4)14(21)13(9-11)17(5,6)7/h7-13,26H,1-6H3,(H,23,24,25);8-11,20-21H,1-7H3;7-10,22H,1-6H3,(H,18,20,21);8-9,21H,1-7H3,(H,18,20). The monoisotopic (exact) mass is 1320 g/mol. The number of phenolic OH excluding ortho intramolecular Hbond substituents is 4. The van der Waals surface area contributed by atoms with Gasteiger partial charge in [-0.25, -0.2) is 4.98 Å². The summed E-state index contributed by atoms with van der Waals surface area (Å²) in [5.41, 5.74) is 12.2. The van der Waals surface area contributed by atoms with Crippen LogP contribution in [0, 0.1) is 13.8 Å². The van der Waals surface area contributed by atoms with E-state index in [1.165, 1.54) is 33.9 Å². The Morgan fingerprint density at radius 2 is 0.742 bits per heavy atom. The number of aromatic nitrogens is 7. The summed E-state index contributed by atoms with van der Waals surface area (Å²) in [6.45, 7) is 54.6. The highest BCUT2D eigenvalue weighted by molar-refractivity contribution is 7.15. The highest BCUT2D eigenvalue weighted by Crippen LogP contribution is 2.46. The van der Waals surface area contributed by atoms with E-state index in [2.05, 4.69) is 253 Å². The molecule has 4 aromatic heterocycles. The molecule has 0 spiro atoms. The van der Waals surface area contributed by atoms with Crippen molar-refractivity contribution in [3.8, 4) is 34.4 Å². The Morgan fingerprint density at radius 1 is 0.387 bits per heavy atom. The SMILES string of the molecule is CC(C)(C)c1cc(Nc2nc(-c3ccccc3)ns2)cc(C(C)(C)C)c1O.CC(C)(C)c1cc(Nc2nccnn2)cc(C(C)(C)C)c1O.Cc1nnc(Nc2cc(C(C)(C)C)c(O)c(C(C)(C)C)c2)s1.Cc1sccc1Nc1cc(C(C)(C)C)c(O)c(C(C)(C)C)c1. The zero-order chi connectivity index (χ0) is 69.8. The second kappa shape index (κ2) is 28.5. The molecule has 0 aliphatic carbocycles. The highest BCUT2D eigenvalue weighted by Gasteiger charge is 2.31. The normalized spacial score (nSPS) is 12.4. The van der Waals surface area contributed by atoms with Crippen LogP contribution in [0.25, 0.3) is 11.4 Å². The van der Waals surface area contributed by atoms with Crippen LogP contribution < -0.4 is 21.3 Å². The summed E-state index contributed by atoms with van der Waals surface area (Å²) in [6.07, 6.45) is 3.12. The van der Waals surface area contributed by atoms with Crippen LogP contribution in [0.3, 0.4) is 0 Å². The molecule has 0 bridgehead atoms. The third kappa shape index (κ3) is 20.2. The molecule has 18 heteroatoms. The molecule has 0 aliphatic heterocycles. The Hall–Kier alpha value is -7.67. The van der Waals surface area contributed by atoms with E-state index in [0.29, 0.717) is 34.8 Å². The topological polar surface area (TPSA) is 219 Å². The number of thiophene rings is 1. The van der Waals surface area contributed by atoms with Gasteiger partial charge in [0.1, 0.15) is 28.0 Å². The Labute approximate surface area is 566 Å². The average Bonchev–Trinajstić information content (AvgIpc) is 1.20. The summed E-state index contributed by atoms with van der Waals surface area (Å²) < 4.78 is 4.46. The number of anilines is 8. The first-order valence-electron chi connectivity index (χ1n) is 31.6. The van der Waals surface area contributed by atoms with E-state index in [9.17, 15) is 20.4 Å². The Morgan fingerprint density at radius 3 is 1.05 bits per heavy atom. The van der Waals surface area contributed by atoms with Gasteiger partial charge in [-0.05, 0) is 117 Å². The van der Waals surface area contributed by atoms with Gasteiger partial charge in [0, 0.05) is 89.2 Å². The maximum Gasteiger partial charge on any atom is 0.247 e. The molecular formula is C75H103N11O4S3. The number of nitrogens with one attached hydrogen (secondary N) is 4. The van der Waals surface area contributed by atoms with Gasteiger partial charge in [-0.1, -0.05) is 208 Å². The lowest BCUT2D eigenvalue weighted by atomic mass is 9.79. The van der Waals surface area contributed by atoms with Crippen LogP contribution in [0.1, 0.15) is 221 Å². The molecule has 500 valence electrons. The largest absolute Gasteiger partial charge is 0.507 e. The van der Waals surface area contributed by atoms with E-state index >= 15 is 0 Å². The zero-order valence-corrected chi connectivity index (χ0v) is 62.4. The van der Waals surface area contributed by atoms with Crippen molar-refractivity contribution in [3.05, 3.63) is 157 Å². The van der Waals surface area contributed by atoms with Gasteiger partial charge in [0.25, 0.3) is 0 Å². The lowest BCUT2D eigenvalue weighted by Gasteiger charge is -2.28. The Bertz CT molecular complexity index is 3830. The van der Waals surface area contributed by atoms with Crippen LogP contribution in [0.15, 0.2) is 103 Å². The third-order valence-corrected chi connectivity index (χ3v) is 17.5. The van der Waals surface area contributed by atoms with Gasteiger partial charge in [-0.3, -0.25) is 0 Å². The van der Waals surface area contributed by atoms with Gasteiger partial charge in [-0.15, -0.1) is 26.6 Å². The number of rotatable bonds is 9.